The van der Waals surface area contributed by atoms with Crippen LogP contribution in [0.2, 0.25) is 0 Å². The summed E-state index contributed by atoms with van der Waals surface area (Å²) in [7, 11) is -4.30. The van der Waals surface area contributed by atoms with Gasteiger partial charge in [0.25, 0.3) is 10.1 Å². The number of amides is 1. The van der Waals surface area contributed by atoms with Crippen LogP contribution in [0.15, 0.2) is 0 Å². The van der Waals surface area contributed by atoms with Crippen LogP contribution in [0, 0.1) is 0 Å². The van der Waals surface area contributed by atoms with Crippen molar-refractivity contribution < 1.29 is 22.9 Å². The van der Waals surface area contributed by atoms with Crippen molar-refractivity contribution in [2.24, 2.45) is 0 Å². The molecule has 276 valence electrons. The molecule has 0 aromatic rings. The first-order valence-corrected chi connectivity index (χ1v) is 21.8. The molecule has 3 N–H and O–H groups in total. The van der Waals surface area contributed by atoms with Gasteiger partial charge in [-0.3, -0.25) is 9.35 Å². The molecule has 2 unspecified atom stereocenters. The zero-order valence-corrected chi connectivity index (χ0v) is 31.5. The van der Waals surface area contributed by atoms with Gasteiger partial charge in [-0.2, -0.15) is 8.42 Å². The molecule has 0 bridgehead atoms. The fourth-order valence-electron chi connectivity index (χ4n) is 6.51. The van der Waals surface area contributed by atoms with Gasteiger partial charge < -0.3 is 10.4 Å². The Labute approximate surface area is 287 Å². The van der Waals surface area contributed by atoms with Crippen molar-refractivity contribution in [3.63, 3.8) is 0 Å². The number of carbonyl (C=O) groups excluding carboxylic acids is 1. The average Bonchev–Trinajstić information content (AvgIpc) is 3.01. The summed E-state index contributed by atoms with van der Waals surface area (Å²) in [6, 6.07) is -0.963. The topological polar surface area (TPSA) is 104 Å². The van der Waals surface area contributed by atoms with Gasteiger partial charge in [0.15, 0.2) is 0 Å². The number of unbranched alkanes of at least 4 members (excludes halogenated alkanes) is 29. The van der Waals surface area contributed by atoms with Crippen molar-refractivity contribution in [2.75, 3.05) is 5.75 Å². The van der Waals surface area contributed by atoms with Crippen molar-refractivity contribution in [2.45, 2.75) is 238 Å². The van der Waals surface area contributed by atoms with E-state index in [9.17, 15) is 22.9 Å². The Morgan fingerprint density at radius 3 is 1.09 bits per heavy atom. The van der Waals surface area contributed by atoms with E-state index in [-0.39, 0.29) is 5.91 Å². The van der Waals surface area contributed by atoms with Crippen LogP contribution >= 0.6 is 0 Å². The third kappa shape index (κ3) is 34.7. The summed E-state index contributed by atoms with van der Waals surface area (Å²) in [5.74, 6) is -0.883. The maximum atomic E-state index is 12.5. The molecule has 0 radical (unpaired) electrons. The Hall–Kier alpha value is -0.660. The highest BCUT2D eigenvalue weighted by molar-refractivity contribution is 7.85. The summed E-state index contributed by atoms with van der Waals surface area (Å²) in [6.07, 6.45) is 39.0. The van der Waals surface area contributed by atoms with Gasteiger partial charge in [-0.05, 0) is 12.8 Å². The summed E-state index contributed by atoms with van der Waals surface area (Å²) >= 11 is 0. The van der Waals surface area contributed by atoms with E-state index in [1.165, 1.54) is 161 Å². The lowest BCUT2D eigenvalue weighted by atomic mass is 10.0. The van der Waals surface area contributed by atoms with Crippen LogP contribution in [0.1, 0.15) is 226 Å². The maximum Gasteiger partial charge on any atom is 0.266 e. The van der Waals surface area contributed by atoms with E-state index in [2.05, 4.69) is 19.2 Å². The quantitative estimate of drug-likeness (QED) is 0.0450. The predicted molar refractivity (Wildman–Crippen MR) is 198 cm³/mol. The molecular formula is C39H79NO5S. The normalized spacial score (nSPS) is 13.2. The van der Waals surface area contributed by atoms with E-state index in [0.29, 0.717) is 12.8 Å². The molecule has 0 aliphatic carbocycles. The molecule has 0 heterocycles. The highest BCUT2D eigenvalue weighted by atomic mass is 32.2. The molecule has 0 saturated carbocycles. The fraction of sp³-hybridized carbons (Fsp3) is 0.974. The lowest BCUT2D eigenvalue weighted by Gasteiger charge is -2.23. The van der Waals surface area contributed by atoms with Crippen molar-refractivity contribution in [1.82, 2.24) is 5.32 Å². The highest BCUT2D eigenvalue weighted by Gasteiger charge is 2.26. The Kier molecular flexibility index (Phi) is 33.7. The second-order valence-corrected chi connectivity index (χ2v) is 15.8. The summed E-state index contributed by atoms with van der Waals surface area (Å²) in [4.78, 5) is 12.5. The smallest absolute Gasteiger partial charge is 0.266 e. The third-order valence-electron chi connectivity index (χ3n) is 9.56. The van der Waals surface area contributed by atoms with Gasteiger partial charge >= 0.3 is 0 Å². The van der Waals surface area contributed by atoms with E-state index in [1.54, 1.807) is 0 Å². The molecule has 0 saturated heterocycles. The minimum atomic E-state index is -4.30. The SMILES string of the molecule is CCCCCCCCCCCCCCCCCCC(O)C(CS(=O)(=O)O)NC(=O)CCCCCCCCCCCCCCCCC. The summed E-state index contributed by atoms with van der Waals surface area (Å²) < 4.78 is 32.5. The molecule has 0 aliphatic rings. The van der Waals surface area contributed by atoms with Crippen molar-refractivity contribution in [3.05, 3.63) is 0 Å². The predicted octanol–water partition coefficient (Wildman–Crippen LogP) is 11.6. The van der Waals surface area contributed by atoms with Gasteiger partial charge in [-0.25, -0.2) is 0 Å². The largest absolute Gasteiger partial charge is 0.391 e. The van der Waals surface area contributed by atoms with Crippen LogP contribution in [-0.2, 0) is 14.9 Å². The van der Waals surface area contributed by atoms with E-state index >= 15 is 0 Å². The Morgan fingerprint density at radius 2 is 0.783 bits per heavy atom. The van der Waals surface area contributed by atoms with Crippen molar-refractivity contribution in [1.29, 1.82) is 0 Å². The third-order valence-corrected chi connectivity index (χ3v) is 10.3. The monoisotopic (exact) mass is 674 g/mol. The number of hydrogen-bond acceptors (Lipinski definition) is 4. The standard InChI is InChI=1S/C39H79NO5S/c1-3-5-7-9-11-13-15-17-19-21-22-24-26-28-30-32-34-38(41)37(36-46(43,44)45)40-39(42)35-33-31-29-27-25-23-20-18-16-14-12-10-8-6-4-2/h37-38,41H,3-36H2,1-2H3,(H,40,42)(H,43,44,45). The first-order valence-electron chi connectivity index (χ1n) is 20.2. The molecule has 0 aromatic heterocycles. The van der Waals surface area contributed by atoms with Crippen molar-refractivity contribution in [3.8, 4) is 0 Å². The zero-order valence-electron chi connectivity index (χ0n) is 30.7. The lowest BCUT2D eigenvalue weighted by Crippen LogP contribution is -2.47. The second-order valence-electron chi connectivity index (χ2n) is 14.3. The molecule has 0 aliphatic heterocycles. The van der Waals surface area contributed by atoms with Gasteiger partial charge in [-0.1, -0.05) is 206 Å². The number of aliphatic hydroxyl groups is 1. The summed E-state index contributed by atoms with van der Waals surface area (Å²) in [6.45, 7) is 4.53. The molecule has 46 heavy (non-hydrogen) atoms. The van der Waals surface area contributed by atoms with Crippen LogP contribution in [0.4, 0.5) is 0 Å². The molecule has 0 spiro atoms. The van der Waals surface area contributed by atoms with Crippen LogP contribution in [0.3, 0.4) is 0 Å². The van der Waals surface area contributed by atoms with Gasteiger partial charge in [0.1, 0.15) is 0 Å². The van der Waals surface area contributed by atoms with Crippen molar-refractivity contribution >= 4 is 16.0 Å². The fourth-order valence-corrected chi connectivity index (χ4v) is 7.27. The number of hydrogen-bond donors (Lipinski definition) is 3. The minimum absolute atomic E-state index is 0.241. The van der Waals surface area contributed by atoms with Gasteiger partial charge in [-0.15, -0.1) is 0 Å². The first-order chi connectivity index (χ1) is 22.3. The zero-order chi connectivity index (χ0) is 34.0. The van der Waals surface area contributed by atoms with Gasteiger partial charge in [0.2, 0.25) is 5.91 Å². The summed E-state index contributed by atoms with van der Waals surface area (Å²) in [5, 5.41) is 13.3. The molecule has 6 nitrogen and oxygen atoms in total. The van der Waals surface area contributed by atoms with E-state index in [1.807, 2.05) is 0 Å². The molecule has 0 rings (SSSR count). The number of carbonyl (C=O) groups is 1. The number of aliphatic hydroxyl groups excluding tert-OH is 1. The van der Waals surface area contributed by atoms with Crippen LogP contribution in [0.5, 0.6) is 0 Å². The van der Waals surface area contributed by atoms with Crippen LogP contribution in [0.25, 0.3) is 0 Å². The lowest BCUT2D eigenvalue weighted by molar-refractivity contribution is -0.122. The van der Waals surface area contributed by atoms with Gasteiger partial charge in [0, 0.05) is 6.42 Å². The Morgan fingerprint density at radius 1 is 0.500 bits per heavy atom. The number of nitrogens with one attached hydrogen (secondary N) is 1. The molecule has 0 fully saturated rings. The molecule has 2 atom stereocenters. The molecular weight excluding hydrogens is 594 g/mol. The molecule has 1 amide bonds. The average molecular weight is 674 g/mol. The molecule has 7 heteroatoms. The molecule has 0 aromatic carbocycles. The Balaban J connectivity index is 3.83. The van der Waals surface area contributed by atoms with Gasteiger partial charge in [0.05, 0.1) is 17.9 Å². The summed E-state index contributed by atoms with van der Waals surface area (Å²) in [5.41, 5.74) is 0. The maximum absolute atomic E-state index is 12.5. The van der Waals surface area contributed by atoms with Crippen LogP contribution in [-0.4, -0.2) is 41.9 Å². The minimum Gasteiger partial charge on any atom is -0.391 e. The van der Waals surface area contributed by atoms with Crippen LogP contribution < -0.4 is 5.32 Å². The number of rotatable bonds is 37. The Bertz CT molecular complexity index is 745. The van der Waals surface area contributed by atoms with E-state index < -0.39 is 28.0 Å². The second kappa shape index (κ2) is 34.2. The highest BCUT2D eigenvalue weighted by Crippen LogP contribution is 2.16. The first kappa shape index (κ1) is 45.3. The van der Waals surface area contributed by atoms with E-state index in [0.717, 1.165) is 38.5 Å². The van der Waals surface area contributed by atoms with E-state index in [4.69, 9.17) is 0 Å².